The molecule has 0 radical (unpaired) electrons. The summed E-state index contributed by atoms with van der Waals surface area (Å²) < 4.78 is 14.6. The molecule has 1 rings (SSSR count). The van der Waals surface area contributed by atoms with Crippen molar-refractivity contribution in [2.75, 3.05) is 13.2 Å². The second-order valence-corrected chi connectivity index (χ2v) is 4.15. The molecule has 1 aliphatic heterocycles. The molecule has 0 aliphatic carbocycles. The number of carbonyl (C=O) groups is 2. The third-order valence-corrected chi connectivity index (χ3v) is 2.46. The van der Waals surface area contributed by atoms with Gasteiger partial charge < -0.3 is 14.2 Å². The monoisotopic (exact) mass is 230 g/mol. The molecule has 1 aliphatic rings. The highest BCUT2D eigenvalue weighted by atomic mass is 16.7. The molecule has 1 fully saturated rings. The van der Waals surface area contributed by atoms with Crippen LogP contribution >= 0.6 is 0 Å². The molecule has 1 atom stereocenters. The van der Waals surface area contributed by atoms with Gasteiger partial charge in [0.2, 0.25) is 0 Å². The lowest BCUT2D eigenvalue weighted by Crippen LogP contribution is -2.40. The van der Waals surface area contributed by atoms with Gasteiger partial charge in [0.25, 0.3) is 0 Å². The Balaban J connectivity index is 2.33. The number of esters is 1. The van der Waals surface area contributed by atoms with Crippen LogP contribution in [0.15, 0.2) is 0 Å². The number of rotatable bonds is 5. The van der Waals surface area contributed by atoms with Gasteiger partial charge in [0.05, 0.1) is 19.6 Å². The largest absolute Gasteiger partial charge is 0.508 e. The maximum atomic E-state index is 11.4. The van der Waals surface area contributed by atoms with Crippen molar-refractivity contribution in [3.05, 3.63) is 0 Å². The summed E-state index contributed by atoms with van der Waals surface area (Å²) in [5, 5.41) is 0. The zero-order chi connectivity index (χ0) is 12.0. The van der Waals surface area contributed by atoms with E-state index in [1.807, 2.05) is 6.92 Å². The molecule has 0 aromatic carbocycles. The van der Waals surface area contributed by atoms with Crippen LogP contribution < -0.4 is 0 Å². The Bertz CT molecular complexity index is 263. The molecule has 92 valence electrons. The predicted molar refractivity (Wildman–Crippen MR) is 55.9 cm³/mol. The van der Waals surface area contributed by atoms with Crippen molar-refractivity contribution in [2.45, 2.75) is 45.1 Å². The average Bonchev–Trinajstić information content (AvgIpc) is 2.16. The molecule has 0 aromatic rings. The summed E-state index contributed by atoms with van der Waals surface area (Å²) in [4.78, 5) is 22.4. The number of cyclic esters (lactones) is 2. The lowest BCUT2D eigenvalue weighted by Gasteiger charge is -2.31. The molecule has 0 saturated carbocycles. The van der Waals surface area contributed by atoms with Crippen LogP contribution in [-0.2, 0) is 19.0 Å². The standard InChI is InChI=1S/C11H18O5/c1-3-4-6-14-9(12)8-11(2)5-7-15-10(13)16-11/h3-8H2,1-2H3. The molecule has 0 bridgehead atoms. The van der Waals surface area contributed by atoms with Gasteiger partial charge in [-0.1, -0.05) is 13.3 Å². The van der Waals surface area contributed by atoms with Crippen LogP contribution in [0.2, 0.25) is 0 Å². The number of carbonyl (C=O) groups excluding carboxylic acids is 2. The van der Waals surface area contributed by atoms with Crippen LogP contribution in [0.25, 0.3) is 0 Å². The van der Waals surface area contributed by atoms with E-state index in [4.69, 9.17) is 9.47 Å². The third kappa shape index (κ3) is 4.08. The summed E-state index contributed by atoms with van der Waals surface area (Å²) in [7, 11) is 0. The Kier molecular flexibility index (Phi) is 4.58. The fourth-order valence-corrected chi connectivity index (χ4v) is 1.44. The van der Waals surface area contributed by atoms with Crippen LogP contribution in [-0.4, -0.2) is 30.9 Å². The first-order valence-corrected chi connectivity index (χ1v) is 5.57. The minimum absolute atomic E-state index is 0.0891. The van der Waals surface area contributed by atoms with Gasteiger partial charge in [0.15, 0.2) is 0 Å². The summed E-state index contributed by atoms with van der Waals surface area (Å²) >= 11 is 0. The van der Waals surface area contributed by atoms with E-state index in [1.165, 1.54) is 0 Å². The summed E-state index contributed by atoms with van der Waals surface area (Å²) in [5.41, 5.74) is -0.779. The van der Waals surface area contributed by atoms with Crippen molar-refractivity contribution >= 4 is 12.1 Å². The first-order chi connectivity index (χ1) is 7.56. The van der Waals surface area contributed by atoms with Gasteiger partial charge in [-0.05, 0) is 13.3 Å². The number of hydrogen-bond acceptors (Lipinski definition) is 5. The summed E-state index contributed by atoms with van der Waals surface area (Å²) in [6.07, 6.45) is 1.72. The van der Waals surface area contributed by atoms with Crippen molar-refractivity contribution < 1.29 is 23.8 Å². The summed E-state index contributed by atoms with van der Waals surface area (Å²) in [6, 6.07) is 0. The topological polar surface area (TPSA) is 61.8 Å². The van der Waals surface area contributed by atoms with Crippen LogP contribution in [0.4, 0.5) is 4.79 Å². The van der Waals surface area contributed by atoms with Crippen molar-refractivity contribution in [1.82, 2.24) is 0 Å². The van der Waals surface area contributed by atoms with E-state index in [0.717, 1.165) is 12.8 Å². The minimum atomic E-state index is -0.779. The fraction of sp³-hybridized carbons (Fsp3) is 0.818. The van der Waals surface area contributed by atoms with Crippen molar-refractivity contribution in [3.63, 3.8) is 0 Å². The van der Waals surface area contributed by atoms with Crippen molar-refractivity contribution in [3.8, 4) is 0 Å². The Morgan fingerprint density at radius 1 is 1.56 bits per heavy atom. The molecule has 0 amide bonds. The number of ether oxygens (including phenoxy) is 3. The quantitative estimate of drug-likeness (QED) is 0.534. The second kappa shape index (κ2) is 5.72. The van der Waals surface area contributed by atoms with Gasteiger partial charge in [-0.15, -0.1) is 0 Å². The van der Waals surface area contributed by atoms with E-state index >= 15 is 0 Å². The predicted octanol–water partition coefficient (Wildman–Crippen LogP) is 2.04. The molecule has 0 N–H and O–H groups in total. The van der Waals surface area contributed by atoms with Crippen LogP contribution in [0.5, 0.6) is 0 Å². The molecular formula is C11H18O5. The first-order valence-electron chi connectivity index (χ1n) is 5.57. The minimum Gasteiger partial charge on any atom is -0.466 e. The van der Waals surface area contributed by atoms with Gasteiger partial charge >= 0.3 is 12.1 Å². The molecule has 0 spiro atoms. The maximum absolute atomic E-state index is 11.4. The van der Waals surface area contributed by atoms with Gasteiger partial charge in [-0.25, -0.2) is 4.79 Å². The molecule has 5 heteroatoms. The smallest absolute Gasteiger partial charge is 0.466 e. The Morgan fingerprint density at radius 2 is 2.31 bits per heavy atom. The highest BCUT2D eigenvalue weighted by molar-refractivity contribution is 5.71. The first kappa shape index (κ1) is 12.8. The maximum Gasteiger partial charge on any atom is 0.508 e. The lowest BCUT2D eigenvalue weighted by molar-refractivity contribution is -0.152. The fourth-order valence-electron chi connectivity index (χ4n) is 1.44. The van der Waals surface area contributed by atoms with E-state index in [-0.39, 0.29) is 19.0 Å². The average molecular weight is 230 g/mol. The van der Waals surface area contributed by atoms with Gasteiger partial charge in [-0.3, -0.25) is 4.79 Å². The van der Waals surface area contributed by atoms with E-state index in [2.05, 4.69) is 4.74 Å². The van der Waals surface area contributed by atoms with E-state index in [9.17, 15) is 9.59 Å². The Morgan fingerprint density at radius 3 is 2.94 bits per heavy atom. The molecule has 1 unspecified atom stereocenters. The third-order valence-electron chi connectivity index (χ3n) is 2.46. The van der Waals surface area contributed by atoms with Gasteiger partial charge in [0.1, 0.15) is 5.60 Å². The van der Waals surface area contributed by atoms with Crippen LogP contribution in [0, 0.1) is 0 Å². The SMILES string of the molecule is CCCCOC(=O)CC1(C)CCOC(=O)O1. The summed E-state index contributed by atoms with van der Waals surface area (Å²) in [5.74, 6) is -0.328. The molecule has 0 aromatic heterocycles. The Hall–Kier alpha value is -1.26. The summed E-state index contributed by atoms with van der Waals surface area (Å²) in [6.45, 7) is 4.46. The number of hydrogen-bond donors (Lipinski definition) is 0. The van der Waals surface area contributed by atoms with Crippen molar-refractivity contribution in [2.24, 2.45) is 0 Å². The Labute approximate surface area is 95.0 Å². The zero-order valence-corrected chi connectivity index (χ0v) is 9.78. The second-order valence-electron chi connectivity index (χ2n) is 4.15. The van der Waals surface area contributed by atoms with Gasteiger partial charge in [-0.2, -0.15) is 0 Å². The molecule has 5 nitrogen and oxygen atoms in total. The van der Waals surface area contributed by atoms with E-state index < -0.39 is 11.8 Å². The molecular weight excluding hydrogens is 212 g/mol. The van der Waals surface area contributed by atoms with E-state index in [0.29, 0.717) is 13.0 Å². The van der Waals surface area contributed by atoms with Crippen LogP contribution in [0.1, 0.15) is 39.5 Å². The highest BCUT2D eigenvalue weighted by Crippen LogP contribution is 2.25. The molecule has 1 heterocycles. The normalized spacial score (nSPS) is 24.5. The molecule has 1 saturated heterocycles. The van der Waals surface area contributed by atoms with Crippen molar-refractivity contribution in [1.29, 1.82) is 0 Å². The van der Waals surface area contributed by atoms with E-state index in [1.54, 1.807) is 6.92 Å². The molecule has 16 heavy (non-hydrogen) atoms. The van der Waals surface area contributed by atoms with Gasteiger partial charge in [0, 0.05) is 6.42 Å². The van der Waals surface area contributed by atoms with Crippen LogP contribution in [0.3, 0.4) is 0 Å². The zero-order valence-electron chi connectivity index (χ0n) is 9.78. The lowest BCUT2D eigenvalue weighted by atomic mass is 9.98. The number of unbranched alkanes of at least 4 members (excludes halogenated alkanes) is 1. The highest BCUT2D eigenvalue weighted by Gasteiger charge is 2.36.